The van der Waals surface area contributed by atoms with Crippen LogP contribution in [-0.4, -0.2) is 45.3 Å². The number of rotatable bonds is 7. The Kier molecular flexibility index (Phi) is 5.60. The minimum atomic E-state index is -0.178. The Morgan fingerprint density at radius 3 is 2.83 bits per heavy atom. The third-order valence-corrected chi connectivity index (χ3v) is 4.71. The summed E-state index contributed by atoms with van der Waals surface area (Å²) in [6, 6.07) is 7.38. The molecule has 1 aromatic carbocycles. The summed E-state index contributed by atoms with van der Waals surface area (Å²) >= 11 is 0. The van der Waals surface area contributed by atoms with Crippen molar-refractivity contribution in [3.05, 3.63) is 59.9 Å². The van der Waals surface area contributed by atoms with Crippen molar-refractivity contribution in [2.45, 2.75) is 13.8 Å². The van der Waals surface area contributed by atoms with Crippen LogP contribution in [0.25, 0.3) is 11.9 Å². The van der Waals surface area contributed by atoms with Gasteiger partial charge in [0.2, 0.25) is 12.7 Å². The van der Waals surface area contributed by atoms with E-state index in [0.29, 0.717) is 30.4 Å². The van der Waals surface area contributed by atoms with E-state index < -0.39 is 0 Å². The zero-order chi connectivity index (χ0) is 20.9. The molecule has 0 aliphatic carbocycles. The Bertz CT molecular complexity index is 1090. The lowest BCUT2D eigenvalue weighted by atomic mass is 10.2. The molecule has 30 heavy (non-hydrogen) atoms. The first-order valence-corrected chi connectivity index (χ1v) is 9.52. The second-order valence-electron chi connectivity index (χ2n) is 6.71. The van der Waals surface area contributed by atoms with Crippen molar-refractivity contribution in [1.29, 1.82) is 0 Å². The molecule has 0 fully saturated rings. The maximum atomic E-state index is 12.0. The predicted molar refractivity (Wildman–Crippen MR) is 112 cm³/mol. The molecule has 1 aliphatic heterocycles. The predicted octanol–water partition coefficient (Wildman–Crippen LogP) is 2.25. The number of aryl methyl sites for hydroxylation is 1. The number of carbonyl (C=O) groups excluding carboxylic acids is 1. The summed E-state index contributed by atoms with van der Waals surface area (Å²) < 4.78 is 12.5. The number of nitrogens with one attached hydrogen (secondary N) is 2. The van der Waals surface area contributed by atoms with Crippen LogP contribution in [0, 0.1) is 13.8 Å². The van der Waals surface area contributed by atoms with Crippen LogP contribution in [0.4, 0.5) is 5.82 Å². The summed E-state index contributed by atoms with van der Waals surface area (Å²) in [6.45, 7) is 5.15. The Balaban J connectivity index is 1.25. The molecule has 9 nitrogen and oxygen atoms in total. The molecular formula is C21H22N6O3. The largest absolute Gasteiger partial charge is 0.454 e. The molecule has 3 heterocycles. The van der Waals surface area contributed by atoms with E-state index in [4.69, 9.17) is 9.47 Å². The topological polar surface area (TPSA) is 103 Å². The molecule has 2 N–H and O–H groups in total. The second-order valence-corrected chi connectivity index (χ2v) is 6.71. The standard InChI is InChI=1S/C21H22N6O3/c1-14-15(2)27(12-26-14)20-10-19(24-11-25-20)22-7-8-23-21(28)6-4-16-3-5-17-18(9-16)30-13-29-17/h3-6,9-12H,7-8,13H2,1-2H3,(H,23,28)(H,22,24,25)/b6-4+. The van der Waals surface area contributed by atoms with Gasteiger partial charge in [-0.05, 0) is 37.6 Å². The zero-order valence-electron chi connectivity index (χ0n) is 16.8. The van der Waals surface area contributed by atoms with Gasteiger partial charge >= 0.3 is 0 Å². The Labute approximate surface area is 173 Å². The van der Waals surface area contributed by atoms with E-state index in [1.807, 2.05) is 42.7 Å². The number of amides is 1. The summed E-state index contributed by atoms with van der Waals surface area (Å²) in [4.78, 5) is 24.8. The van der Waals surface area contributed by atoms with Crippen LogP contribution >= 0.6 is 0 Å². The number of fused-ring (bicyclic) bond motifs is 1. The van der Waals surface area contributed by atoms with Gasteiger partial charge in [0.1, 0.15) is 24.3 Å². The van der Waals surface area contributed by atoms with Crippen molar-refractivity contribution in [2.75, 3.05) is 25.2 Å². The van der Waals surface area contributed by atoms with Gasteiger partial charge < -0.3 is 20.1 Å². The van der Waals surface area contributed by atoms with E-state index in [9.17, 15) is 4.79 Å². The molecular weight excluding hydrogens is 384 g/mol. The molecule has 1 amide bonds. The van der Waals surface area contributed by atoms with Gasteiger partial charge in [0.15, 0.2) is 11.5 Å². The minimum absolute atomic E-state index is 0.178. The van der Waals surface area contributed by atoms with Crippen molar-refractivity contribution in [3.63, 3.8) is 0 Å². The first kappa shape index (κ1) is 19.4. The monoisotopic (exact) mass is 406 g/mol. The Hall–Kier alpha value is -3.88. The van der Waals surface area contributed by atoms with Gasteiger partial charge in [-0.1, -0.05) is 6.07 Å². The lowest BCUT2D eigenvalue weighted by molar-refractivity contribution is -0.116. The van der Waals surface area contributed by atoms with Gasteiger partial charge in [0.25, 0.3) is 0 Å². The number of imidazole rings is 1. The van der Waals surface area contributed by atoms with Crippen molar-refractivity contribution in [3.8, 4) is 17.3 Å². The molecule has 0 radical (unpaired) electrons. The summed E-state index contributed by atoms with van der Waals surface area (Å²) in [7, 11) is 0. The van der Waals surface area contributed by atoms with E-state index in [1.54, 1.807) is 12.4 Å². The smallest absolute Gasteiger partial charge is 0.244 e. The van der Waals surface area contributed by atoms with Gasteiger partial charge in [-0.3, -0.25) is 9.36 Å². The number of carbonyl (C=O) groups is 1. The van der Waals surface area contributed by atoms with Crippen LogP contribution in [-0.2, 0) is 4.79 Å². The average molecular weight is 406 g/mol. The molecule has 0 saturated heterocycles. The summed E-state index contributed by atoms with van der Waals surface area (Å²) in [6.07, 6.45) is 6.46. The van der Waals surface area contributed by atoms with E-state index >= 15 is 0 Å². The van der Waals surface area contributed by atoms with E-state index in [-0.39, 0.29) is 12.7 Å². The van der Waals surface area contributed by atoms with Gasteiger partial charge in [0.05, 0.1) is 5.69 Å². The molecule has 4 rings (SSSR count). The molecule has 0 bridgehead atoms. The van der Waals surface area contributed by atoms with E-state index in [2.05, 4.69) is 25.6 Å². The number of benzene rings is 1. The highest BCUT2D eigenvalue weighted by Gasteiger charge is 2.12. The van der Waals surface area contributed by atoms with Gasteiger partial charge in [0, 0.05) is 30.9 Å². The van der Waals surface area contributed by atoms with Crippen molar-refractivity contribution in [1.82, 2.24) is 24.8 Å². The number of anilines is 1. The quantitative estimate of drug-likeness (QED) is 0.458. The summed E-state index contributed by atoms with van der Waals surface area (Å²) in [5, 5.41) is 6.02. The third-order valence-electron chi connectivity index (χ3n) is 4.71. The lowest BCUT2D eigenvalue weighted by Crippen LogP contribution is -2.27. The number of ether oxygens (including phenoxy) is 2. The first-order chi connectivity index (χ1) is 14.6. The molecule has 9 heteroatoms. The maximum Gasteiger partial charge on any atom is 0.244 e. The maximum absolute atomic E-state index is 12.0. The fourth-order valence-electron chi connectivity index (χ4n) is 2.93. The van der Waals surface area contributed by atoms with Crippen LogP contribution in [0.3, 0.4) is 0 Å². The van der Waals surface area contributed by atoms with Crippen molar-refractivity contribution >= 4 is 17.8 Å². The molecule has 154 valence electrons. The molecule has 0 unspecified atom stereocenters. The van der Waals surface area contributed by atoms with Crippen LogP contribution in [0.1, 0.15) is 17.0 Å². The highest BCUT2D eigenvalue weighted by Crippen LogP contribution is 2.32. The lowest BCUT2D eigenvalue weighted by Gasteiger charge is -2.09. The van der Waals surface area contributed by atoms with Crippen molar-refractivity contribution in [2.24, 2.45) is 0 Å². The van der Waals surface area contributed by atoms with Crippen LogP contribution in [0.5, 0.6) is 11.5 Å². The van der Waals surface area contributed by atoms with Crippen LogP contribution < -0.4 is 20.1 Å². The molecule has 0 saturated carbocycles. The van der Waals surface area contributed by atoms with Crippen molar-refractivity contribution < 1.29 is 14.3 Å². The Morgan fingerprint density at radius 1 is 1.13 bits per heavy atom. The molecule has 0 spiro atoms. The van der Waals surface area contributed by atoms with Crippen LogP contribution in [0.15, 0.2) is 43.0 Å². The Morgan fingerprint density at radius 2 is 2.00 bits per heavy atom. The normalized spacial score (nSPS) is 12.3. The SMILES string of the molecule is Cc1ncn(-c2cc(NCCNC(=O)/C=C/c3ccc4c(c3)OCO4)ncn2)c1C. The molecule has 0 atom stereocenters. The average Bonchev–Trinajstić information content (AvgIpc) is 3.36. The number of hydrogen-bond donors (Lipinski definition) is 2. The summed E-state index contributed by atoms with van der Waals surface area (Å²) in [5.74, 6) is 2.64. The number of hydrogen-bond acceptors (Lipinski definition) is 7. The zero-order valence-corrected chi connectivity index (χ0v) is 16.8. The number of nitrogens with zero attached hydrogens (tertiary/aromatic N) is 4. The highest BCUT2D eigenvalue weighted by atomic mass is 16.7. The molecule has 2 aromatic heterocycles. The second kappa shape index (κ2) is 8.64. The molecule has 1 aliphatic rings. The molecule has 3 aromatic rings. The van der Waals surface area contributed by atoms with E-state index in [0.717, 1.165) is 22.8 Å². The highest BCUT2D eigenvalue weighted by molar-refractivity contribution is 5.91. The summed E-state index contributed by atoms with van der Waals surface area (Å²) in [5.41, 5.74) is 2.85. The fraction of sp³-hybridized carbons (Fsp3) is 0.238. The van der Waals surface area contributed by atoms with Gasteiger partial charge in [-0.2, -0.15) is 0 Å². The van der Waals surface area contributed by atoms with E-state index in [1.165, 1.54) is 12.4 Å². The first-order valence-electron chi connectivity index (χ1n) is 9.52. The van der Waals surface area contributed by atoms with Gasteiger partial charge in [-0.15, -0.1) is 0 Å². The minimum Gasteiger partial charge on any atom is -0.454 e. The van der Waals surface area contributed by atoms with Gasteiger partial charge in [-0.25, -0.2) is 15.0 Å². The third kappa shape index (κ3) is 4.40. The van der Waals surface area contributed by atoms with Crippen LogP contribution in [0.2, 0.25) is 0 Å². The fourth-order valence-corrected chi connectivity index (χ4v) is 2.93. The number of aromatic nitrogens is 4.